The van der Waals surface area contributed by atoms with Gasteiger partial charge in [-0.05, 0) is 105 Å². The summed E-state index contributed by atoms with van der Waals surface area (Å²) in [5.74, 6) is 1.38. The average molecular weight is 782 g/mol. The van der Waals surface area contributed by atoms with Crippen LogP contribution >= 0.6 is 0 Å². The summed E-state index contributed by atoms with van der Waals surface area (Å²) in [6.45, 7) is 11.7. The minimum absolute atomic E-state index is 0.120. The van der Waals surface area contributed by atoms with Gasteiger partial charge in [0.25, 0.3) is 5.56 Å². The lowest BCUT2D eigenvalue weighted by molar-refractivity contribution is -0.134. The topological polar surface area (TPSA) is 140 Å². The molecule has 2 N–H and O–H groups in total. The molecule has 2 aromatic carbocycles. The van der Waals surface area contributed by atoms with Crippen molar-refractivity contribution in [3.8, 4) is 5.82 Å². The third-order valence-electron chi connectivity index (χ3n) is 12.6. The van der Waals surface area contributed by atoms with Crippen molar-refractivity contribution in [1.29, 1.82) is 0 Å². The maximum absolute atomic E-state index is 13.5. The summed E-state index contributed by atoms with van der Waals surface area (Å²) in [6.07, 6.45) is 9.73. The van der Waals surface area contributed by atoms with Gasteiger partial charge in [0.1, 0.15) is 5.39 Å². The fraction of sp³-hybridized carbons (Fsp3) is 0.422. The molecule has 5 aromatic rings. The molecule has 0 radical (unpaired) electrons. The molecule has 0 bridgehead atoms. The van der Waals surface area contributed by atoms with Crippen LogP contribution in [0, 0.1) is 0 Å². The fourth-order valence-electron chi connectivity index (χ4n) is 9.35. The third-order valence-corrected chi connectivity index (χ3v) is 12.6. The van der Waals surface area contributed by atoms with Crippen LogP contribution in [0.25, 0.3) is 16.9 Å². The molecule has 0 saturated carbocycles. The van der Waals surface area contributed by atoms with E-state index in [9.17, 15) is 14.4 Å². The molecule has 13 heteroatoms. The summed E-state index contributed by atoms with van der Waals surface area (Å²) in [7, 11) is 0. The van der Waals surface area contributed by atoms with Crippen LogP contribution in [0.2, 0.25) is 0 Å². The van der Waals surface area contributed by atoms with E-state index in [1.165, 1.54) is 11.1 Å². The van der Waals surface area contributed by atoms with E-state index in [0.29, 0.717) is 60.6 Å². The van der Waals surface area contributed by atoms with Gasteiger partial charge in [-0.25, -0.2) is 19.3 Å². The minimum Gasteiger partial charge on any atom is -0.373 e. The molecule has 3 fully saturated rings. The Morgan fingerprint density at radius 3 is 2.47 bits per heavy atom. The van der Waals surface area contributed by atoms with Gasteiger partial charge in [0.2, 0.25) is 17.8 Å². The second-order valence-corrected chi connectivity index (χ2v) is 16.1. The third kappa shape index (κ3) is 7.56. The number of benzene rings is 2. The number of fused-ring (bicyclic) bond motifs is 2. The van der Waals surface area contributed by atoms with E-state index in [1.807, 2.05) is 22.9 Å². The first-order chi connectivity index (χ1) is 28.3. The molecule has 3 aromatic heterocycles. The Kier molecular flexibility index (Phi) is 10.6. The van der Waals surface area contributed by atoms with Gasteiger partial charge < -0.3 is 19.9 Å². The quantitative estimate of drug-likeness (QED) is 0.122. The number of nitrogens with one attached hydrogen (secondary N) is 2. The van der Waals surface area contributed by atoms with E-state index in [2.05, 4.69) is 81.4 Å². The summed E-state index contributed by atoms with van der Waals surface area (Å²) >= 11 is 0. The number of nitrogens with zero attached hydrogens (tertiary/aromatic N) is 7. The molecule has 0 spiro atoms. The number of amides is 2. The zero-order chi connectivity index (χ0) is 39.8. The Balaban J connectivity index is 0.819. The highest BCUT2D eigenvalue weighted by Crippen LogP contribution is 2.35. The lowest BCUT2D eigenvalue weighted by Crippen LogP contribution is -2.49. The van der Waals surface area contributed by atoms with Crippen LogP contribution < -0.4 is 21.1 Å². The van der Waals surface area contributed by atoms with Crippen LogP contribution in [-0.2, 0) is 27.3 Å². The van der Waals surface area contributed by atoms with Crippen LogP contribution in [0.4, 0.5) is 17.3 Å². The Labute approximate surface area is 338 Å². The summed E-state index contributed by atoms with van der Waals surface area (Å²) in [5.41, 5.74) is 7.02. The van der Waals surface area contributed by atoms with Crippen molar-refractivity contribution in [2.75, 3.05) is 49.5 Å². The lowest BCUT2D eigenvalue weighted by atomic mass is 9.86. The SMILES string of the molecule is C=CCn1c(=O)c2cnc(Nc3ccc(N4CCOC(CN5CCC(c6ccc(C7CCC(=O)NC7=O)cc6)CC5)C4)cc3)nc2n1-c1ccc2c(n1)C(CC)CC2. The van der Waals surface area contributed by atoms with Crippen molar-refractivity contribution in [2.24, 2.45) is 0 Å². The molecular weight excluding hydrogens is 731 g/mol. The van der Waals surface area contributed by atoms with Crippen LogP contribution in [-0.4, -0.2) is 86.5 Å². The number of carbonyl (C=O) groups is 2. The van der Waals surface area contributed by atoms with Gasteiger partial charge in [-0.2, -0.15) is 4.98 Å². The van der Waals surface area contributed by atoms with Crippen molar-refractivity contribution in [1.82, 2.24) is 34.5 Å². The van der Waals surface area contributed by atoms with Gasteiger partial charge in [-0.15, -0.1) is 6.58 Å². The number of aryl methyl sites for hydroxylation is 1. The molecule has 58 heavy (non-hydrogen) atoms. The number of aromatic nitrogens is 5. The molecule has 3 atom stereocenters. The number of anilines is 3. The number of ether oxygens (including phenoxy) is 1. The zero-order valence-corrected chi connectivity index (χ0v) is 33.1. The molecule has 300 valence electrons. The Morgan fingerprint density at radius 1 is 0.914 bits per heavy atom. The first-order valence-corrected chi connectivity index (χ1v) is 20.8. The Morgan fingerprint density at radius 2 is 1.71 bits per heavy atom. The van der Waals surface area contributed by atoms with Gasteiger partial charge in [-0.3, -0.25) is 19.7 Å². The number of likely N-dealkylation sites (tertiary alicyclic amines) is 1. The van der Waals surface area contributed by atoms with Gasteiger partial charge >= 0.3 is 0 Å². The van der Waals surface area contributed by atoms with E-state index in [1.54, 1.807) is 17.0 Å². The molecule has 2 amide bonds. The van der Waals surface area contributed by atoms with E-state index in [0.717, 1.165) is 87.5 Å². The summed E-state index contributed by atoms with van der Waals surface area (Å²) < 4.78 is 9.70. The number of hydrogen-bond donors (Lipinski definition) is 2. The van der Waals surface area contributed by atoms with Gasteiger partial charge in [0, 0.05) is 55.2 Å². The van der Waals surface area contributed by atoms with Gasteiger partial charge in [-0.1, -0.05) is 43.3 Å². The molecule has 1 aliphatic carbocycles. The molecule has 3 unspecified atom stereocenters. The molecule has 4 aliphatic rings. The van der Waals surface area contributed by atoms with Crippen LogP contribution in [0.1, 0.15) is 85.6 Å². The number of rotatable bonds is 11. The van der Waals surface area contributed by atoms with Crippen LogP contribution in [0.3, 0.4) is 0 Å². The normalized spacial score (nSPS) is 21.6. The van der Waals surface area contributed by atoms with Crippen molar-refractivity contribution < 1.29 is 14.3 Å². The van der Waals surface area contributed by atoms with Crippen molar-refractivity contribution in [2.45, 2.75) is 82.3 Å². The van der Waals surface area contributed by atoms with Gasteiger partial charge in [0.15, 0.2) is 11.5 Å². The second-order valence-electron chi connectivity index (χ2n) is 16.1. The predicted octanol–water partition coefficient (Wildman–Crippen LogP) is 5.95. The largest absolute Gasteiger partial charge is 0.373 e. The molecular formula is C45H51N9O4. The maximum Gasteiger partial charge on any atom is 0.278 e. The standard InChI is InChI=1S/C45H51N9O4/c1-3-21-53-44(57)38-26-46-45(50-42(38)54(53)39-17-11-33-10-5-29(4-2)41(33)48-39)47-34-12-14-35(15-13-34)52-24-25-58-36(28-52)27-51-22-19-31(20-23-51)30-6-8-32(9-7-30)37-16-18-40(55)49-43(37)56/h3,6-9,11-15,17,26,29,31,36-37H,1,4-5,10,16,18-25,27-28H2,2H3,(H,46,47,50)(H,49,55,56). The molecule has 6 heterocycles. The van der Waals surface area contributed by atoms with E-state index in [-0.39, 0.29) is 29.4 Å². The number of hydrogen-bond acceptors (Lipinski definition) is 10. The highest BCUT2D eigenvalue weighted by molar-refractivity contribution is 6.00. The number of allylic oxidation sites excluding steroid dienone is 1. The van der Waals surface area contributed by atoms with E-state index >= 15 is 0 Å². The number of carbonyl (C=O) groups excluding carboxylic acids is 2. The highest BCUT2D eigenvalue weighted by atomic mass is 16.5. The molecule has 3 aliphatic heterocycles. The Bertz CT molecular complexity index is 2380. The smallest absolute Gasteiger partial charge is 0.278 e. The van der Waals surface area contributed by atoms with E-state index in [4.69, 9.17) is 14.7 Å². The molecule has 9 rings (SSSR count). The maximum atomic E-state index is 13.5. The average Bonchev–Trinajstić information content (AvgIpc) is 3.78. The summed E-state index contributed by atoms with van der Waals surface area (Å²) in [4.78, 5) is 56.8. The zero-order valence-electron chi connectivity index (χ0n) is 33.1. The highest BCUT2D eigenvalue weighted by Gasteiger charge is 2.30. The summed E-state index contributed by atoms with van der Waals surface area (Å²) in [6, 6.07) is 20.9. The second kappa shape index (κ2) is 16.3. The Hall–Kier alpha value is -5.66. The van der Waals surface area contributed by atoms with E-state index < -0.39 is 0 Å². The first kappa shape index (κ1) is 37.9. The van der Waals surface area contributed by atoms with Crippen molar-refractivity contribution >= 4 is 40.2 Å². The van der Waals surface area contributed by atoms with Crippen LogP contribution in [0.5, 0.6) is 0 Å². The molecule has 3 saturated heterocycles. The number of piperidine rings is 2. The molecule has 13 nitrogen and oxygen atoms in total. The number of pyridine rings is 1. The predicted molar refractivity (Wildman–Crippen MR) is 224 cm³/mol. The van der Waals surface area contributed by atoms with Crippen LogP contribution in [0.15, 0.2) is 84.3 Å². The summed E-state index contributed by atoms with van der Waals surface area (Å²) in [5, 5.41) is 6.26. The van der Waals surface area contributed by atoms with Crippen molar-refractivity contribution in [3.63, 3.8) is 0 Å². The monoisotopic (exact) mass is 781 g/mol. The lowest BCUT2D eigenvalue weighted by Gasteiger charge is -2.39. The number of morpholine rings is 1. The van der Waals surface area contributed by atoms with Crippen molar-refractivity contribution in [3.05, 3.63) is 112 Å². The fourth-order valence-corrected chi connectivity index (χ4v) is 9.35. The number of imide groups is 1. The first-order valence-electron chi connectivity index (χ1n) is 20.8. The minimum atomic E-state index is -0.244. The van der Waals surface area contributed by atoms with Gasteiger partial charge in [0.05, 0.1) is 25.2 Å².